The molecule has 0 aromatic heterocycles. The number of hydrogen-bond acceptors (Lipinski definition) is 0. The molecule has 57 heavy (non-hydrogen) atoms. The second-order valence-corrected chi connectivity index (χ2v) is 15.9. The van der Waals surface area contributed by atoms with Crippen LogP contribution in [0, 0.1) is 25.7 Å². The zero-order valence-corrected chi connectivity index (χ0v) is 39.0. The van der Waals surface area contributed by atoms with Crippen LogP contribution in [0.3, 0.4) is 0 Å². The minimum absolute atomic E-state index is 0. The molecule has 0 radical (unpaired) electrons. The zero-order valence-electron chi connectivity index (χ0n) is 38.0. The van der Waals surface area contributed by atoms with Crippen LogP contribution in [0.25, 0.3) is 16.9 Å². The first-order chi connectivity index (χ1) is 27.5. The van der Waals surface area contributed by atoms with E-state index in [9.17, 15) is 5.53 Å². The molecular formula is C54H86N2Ni. The summed E-state index contributed by atoms with van der Waals surface area (Å²) in [6, 6.07) is 17.6. The van der Waals surface area contributed by atoms with E-state index in [1.165, 1.54) is 143 Å². The topological polar surface area (TPSA) is 25.3 Å². The van der Waals surface area contributed by atoms with Gasteiger partial charge in [0.05, 0.1) is 0 Å². The Bertz CT molecular complexity index is 1410. The Morgan fingerprint density at radius 3 is 1.32 bits per heavy atom. The van der Waals surface area contributed by atoms with Crippen molar-refractivity contribution in [2.45, 2.75) is 221 Å². The fourth-order valence-corrected chi connectivity index (χ4v) is 7.12. The Kier molecular flexibility index (Phi) is 36.2. The average molecular weight is 822 g/mol. The third-order valence-corrected chi connectivity index (χ3v) is 10.6. The van der Waals surface area contributed by atoms with E-state index in [1.54, 1.807) is 0 Å². The van der Waals surface area contributed by atoms with Crippen molar-refractivity contribution in [2.24, 2.45) is 0 Å². The third kappa shape index (κ3) is 23.7. The summed E-state index contributed by atoms with van der Waals surface area (Å²) < 4.78 is 1.48. The van der Waals surface area contributed by atoms with Gasteiger partial charge in [-0.1, -0.05) is 193 Å². The maximum Gasteiger partial charge on any atom is 2.00 e. The molecule has 322 valence electrons. The fraction of sp³-hybridized carbons (Fsp3) is 0.630. The van der Waals surface area contributed by atoms with Gasteiger partial charge in [-0.25, -0.2) is 4.70 Å². The van der Waals surface area contributed by atoms with Gasteiger partial charge in [-0.2, -0.15) is 12.8 Å². The van der Waals surface area contributed by atoms with Crippen molar-refractivity contribution in [3.8, 4) is 11.8 Å². The Morgan fingerprint density at radius 2 is 0.895 bits per heavy atom. The molecule has 2 nitrogen and oxygen atoms in total. The minimum Gasteiger partial charge on any atom is -0.493 e. The van der Waals surface area contributed by atoms with E-state index in [2.05, 4.69) is 116 Å². The molecule has 1 heterocycles. The van der Waals surface area contributed by atoms with E-state index in [-0.39, 0.29) is 16.5 Å². The first kappa shape index (κ1) is 54.6. The number of hydrogen-bond donors (Lipinski definition) is 0. The smallest absolute Gasteiger partial charge is 0.493 e. The van der Waals surface area contributed by atoms with Crippen LogP contribution in [0.4, 0.5) is 0 Å². The second-order valence-electron chi connectivity index (χ2n) is 15.9. The van der Waals surface area contributed by atoms with Crippen LogP contribution in [0.5, 0.6) is 0 Å². The van der Waals surface area contributed by atoms with E-state index in [1.807, 2.05) is 0 Å². The van der Waals surface area contributed by atoms with Gasteiger partial charge in [0.15, 0.2) is 0 Å². The molecule has 2 aromatic carbocycles. The van der Waals surface area contributed by atoms with Gasteiger partial charge in [-0.05, 0) is 80.3 Å². The Morgan fingerprint density at radius 1 is 0.491 bits per heavy atom. The standard InChI is InChI=1S/C44H64N2.2C5H11.Ni/c1-5-9-13-14-15-16-17-18-19-20-21-22-23-24-34-42-41(33-12-8-4)43(39-31-25-29-37(35-39)27-10-6-2)46(45)44(42)40-32-26-30-38(36-40)28-11-7-3;2*1-3-5-4-2;/h25-26,29-32,35-36H,5-23,27-28,33H2,1-4H3;2*1,3-5H2,2H3;/q;2*-1;+2. The van der Waals surface area contributed by atoms with E-state index >= 15 is 0 Å². The number of rotatable bonds is 27. The van der Waals surface area contributed by atoms with Crippen LogP contribution in [0.1, 0.15) is 231 Å². The van der Waals surface area contributed by atoms with Crippen molar-refractivity contribution in [1.29, 1.82) is 0 Å². The van der Waals surface area contributed by atoms with E-state index in [4.69, 9.17) is 0 Å². The van der Waals surface area contributed by atoms with Crippen molar-refractivity contribution in [3.05, 3.63) is 101 Å². The van der Waals surface area contributed by atoms with Gasteiger partial charge in [0, 0.05) is 23.1 Å². The summed E-state index contributed by atoms with van der Waals surface area (Å²) in [4.78, 5) is 0. The van der Waals surface area contributed by atoms with Gasteiger partial charge in [0.2, 0.25) is 11.4 Å². The largest absolute Gasteiger partial charge is 2.00 e. The van der Waals surface area contributed by atoms with Gasteiger partial charge in [0.25, 0.3) is 0 Å². The first-order valence-electron chi connectivity index (χ1n) is 23.7. The summed E-state index contributed by atoms with van der Waals surface area (Å²) in [5, 5.41) is 0. The van der Waals surface area contributed by atoms with Gasteiger partial charge >= 0.3 is 16.5 Å². The predicted octanol–water partition coefficient (Wildman–Crippen LogP) is 17.8. The molecule has 0 amide bonds. The van der Waals surface area contributed by atoms with E-state index < -0.39 is 0 Å². The summed E-state index contributed by atoms with van der Waals surface area (Å²) >= 11 is 0. The maximum atomic E-state index is 12.0. The van der Waals surface area contributed by atoms with Crippen LogP contribution in [-0.4, -0.2) is 4.70 Å². The minimum atomic E-state index is 0. The van der Waals surface area contributed by atoms with E-state index in [0.29, 0.717) is 0 Å². The van der Waals surface area contributed by atoms with Crippen LogP contribution >= 0.6 is 0 Å². The van der Waals surface area contributed by atoms with E-state index in [0.717, 1.165) is 85.9 Å². The molecule has 0 aliphatic carbocycles. The Hall–Kier alpha value is -2.43. The van der Waals surface area contributed by atoms with Crippen molar-refractivity contribution in [2.75, 3.05) is 0 Å². The van der Waals surface area contributed by atoms with Crippen molar-refractivity contribution in [1.82, 2.24) is 0 Å². The molecule has 0 bridgehead atoms. The predicted molar refractivity (Wildman–Crippen MR) is 250 cm³/mol. The van der Waals surface area contributed by atoms with Gasteiger partial charge in [-0.3, -0.25) is 0 Å². The van der Waals surface area contributed by atoms with Crippen LogP contribution in [0.2, 0.25) is 0 Å². The van der Waals surface area contributed by atoms with Crippen LogP contribution in [-0.2, 0) is 29.3 Å². The van der Waals surface area contributed by atoms with Crippen molar-refractivity contribution in [3.63, 3.8) is 0 Å². The zero-order chi connectivity index (χ0) is 41.1. The molecule has 0 fully saturated rings. The Labute approximate surface area is 365 Å². The number of allylic oxidation sites excluding steroid dienone is 2. The molecule has 3 heteroatoms. The summed E-state index contributed by atoms with van der Waals surface area (Å²) in [5.74, 6) is 7.21. The number of benzene rings is 2. The third-order valence-electron chi connectivity index (χ3n) is 10.6. The van der Waals surface area contributed by atoms with Gasteiger partial charge in [0.1, 0.15) is 5.57 Å². The molecule has 1 aliphatic heterocycles. The molecule has 2 aromatic rings. The monoisotopic (exact) mass is 821 g/mol. The fourth-order valence-electron chi connectivity index (χ4n) is 7.12. The van der Waals surface area contributed by atoms with Crippen molar-refractivity contribution >= 4 is 11.4 Å². The molecule has 0 unspecified atom stereocenters. The Balaban J connectivity index is 0.00000253. The van der Waals surface area contributed by atoms with Crippen LogP contribution < -0.4 is 0 Å². The number of unbranched alkanes of at least 4 members (excludes halogenated alkanes) is 19. The molecule has 0 atom stereocenters. The summed E-state index contributed by atoms with van der Waals surface area (Å²) in [7, 11) is 0. The average Bonchev–Trinajstić information content (AvgIpc) is 3.49. The molecule has 3 rings (SSSR count). The number of aryl methyl sites for hydroxylation is 2. The molecule has 1 aliphatic rings. The van der Waals surface area contributed by atoms with Gasteiger partial charge in [-0.15, -0.1) is 0 Å². The molecule has 0 N–H and O–H groups in total. The SMILES string of the molecule is CCCCCCCCCCCCCCC#CC1=C(c2cccc(CCCC)c2)[N+](=[N-])C(c2cccc(CCCC)c2)=C1CCCC.[CH2-]CCCC.[CH2-]CCCC.[Ni+2]. The summed E-state index contributed by atoms with van der Waals surface area (Å²) in [5.41, 5.74) is 20.8. The van der Waals surface area contributed by atoms with Crippen LogP contribution in [0.15, 0.2) is 59.7 Å². The number of nitrogens with zero attached hydrogens (tertiary/aromatic N) is 2. The summed E-state index contributed by atoms with van der Waals surface area (Å²) in [6.07, 6.45) is 34.5. The van der Waals surface area contributed by atoms with Gasteiger partial charge < -0.3 is 19.4 Å². The molecule has 0 saturated carbocycles. The normalized spacial score (nSPS) is 12.0. The molecule has 0 spiro atoms. The second kappa shape index (κ2) is 37.8. The summed E-state index contributed by atoms with van der Waals surface area (Å²) in [6.45, 7) is 20.7. The quantitative estimate of drug-likeness (QED) is 0.0282. The first-order valence-corrected chi connectivity index (χ1v) is 23.7. The van der Waals surface area contributed by atoms with Crippen molar-refractivity contribution < 1.29 is 21.2 Å². The molecule has 0 saturated heterocycles. The molecular weight excluding hydrogens is 735 g/mol. The maximum absolute atomic E-state index is 12.0.